The van der Waals surface area contributed by atoms with Gasteiger partial charge in [0.2, 0.25) is 5.91 Å². The molecule has 2 saturated heterocycles. The topological polar surface area (TPSA) is 63.7 Å². The first kappa shape index (κ1) is 18.6. The van der Waals surface area contributed by atoms with Crippen LogP contribution in [0, 0.1) is 6.92 Å². The van der Waals surface area contributed by atoms with E-state index in [0.29, 0.717) is 24.9 Å². The monoisotopic (exact) mass is 387 g/mol. The number of carbonyl (C=O) groups excluding carboxylic acids is 1. The Morgan fingerprint density at radius 2 is 2.04 bits per heavy atom. The van der Waals surface area contributed by atoms with Crippen LogP contribution in [0.5, 0.6) is 0 Å². The normalized spacial score (nSPS) is 21.4. The number of piperidine rings is 1. The SMILES string of the molecule is Cc1ccc(-c2csc(NC(=O)CN3CCCCC3C3OCCO3)n2)cc1. The van der Waals surface area contributed by atoms with Crippen LogP contribution in [-0.2, 0) is 14.3 Å². The van der Waals surface area contributed by atoms with Gasteiger partial charge in [0.05, 0.1) is 31.5 Å². The number of hydrogen-bond acceptors (Lipinski definition) is 6. The molecule has 0 radical (unpaired) electrons. The number of amides is 1. The number of aryl methyl sites for hydroxylation is 1. The molecule has 1 aromatic carbocycles. The summed E-state index contributed by atoms with van der Waals surface area (Å²) in [4.78, 5) is 19.3. The number of likely N-dealkylation sites (tertiary alicyclic amines) is 1. The Hall–Kier alpha value is -1.80. The average Bonchev–Trinajstić information content (AvgIpc) is 3.35. The molecule has 144 valence electrons. The molecule has 1 N–H and O–H groups in total. The highest BCUT2D eigenvalue weighted by atomic mass is 32.1. The third-order valence-corrected chi connectivity index (χ3v) is 5.83. The van der Waals surface area contributed by atoms with E-state index in [1.54, 1.807) is 0 Å². The van der Waals surface area contributed by atoms with Crippen molar-refractivity contribution in [2.45, 2.75) is 38.5 Å². The van der Waals surface area contributed by atoms with E-state index in [1.807, 2.05) is 5.38 Å². The van der Waals surface area contributed by atoms with Crippen molar-refractivity contribution in [2.24, 2.45) is 0 Å². The van der Waals surface area contributed by atoms with Gasteiger partial charge in [-0.2, -0.15) is 0 Å². The average molecular weight is 388 g/mol. The molecule has 1 atom stereocenters. The molecular formula is C20H25N3O3S. The molecule has 0 bridgehead atoms. The smallest absolute Gasteiger partial charge is 0.240 e. The summed E-state index contributed by atoms with van der Waals surface area (Å²) >= 11 is 1.45. The third-order valence-electron chi connectivity index (χ3n) is 5.07. The zero-order chi connectivity index (χ0) is 18.6. The van der Waals surface area contributed by atoms with E-state index >= 15 is 0 Å². The predicted octanol–water partition coefficient (Wildman–Crippen LogP) is 3.28. The Balaban J connectivity index is 1.36. The highest BCUT2D eigenvalue weighted by Gasteiger charge is 2.34. The Morgan fingerprint density at radius 1 is 1.26 bits per heavy atom. The molecule has 7 heteroatoms. The number of aromatic nitrogens is 1. The van der Waals surface area contributed by atoms with Crippen LogP contribution in [0.3, 0.4) is 0 Å². The molecule has 1 amide bonds. The maximum atomic E-state index is 12.6. The summed E-state index contributed by atoms with van der Waals surface area (Å²) in [6.45, 7) is 4.58. The molecule has 2 aliphatic heterocycles. The fourth-order valence-corrected chi connectivity index (χ4v) is 4.39. The lowest BCUT2D eigenvalue weighted by atomic mass is 10.0. The van der Waals surface area contributed by atoms with Crippen molar-refractivity contribution in [1.82, 2.24) is 9.88 Å². The van der Waals surface area contributed by atoms with Crippen LogP contribution in [0.2, 0.25) is 0 Å². The largest absolute Gasteiger partial charge is 0.349 e. The van der Waals surface area contributed by atoms with Crippen LogP contribution in [0.4, 0.5) is 5.13 Å². The van der Waals surface area contributed by atoms with E-state index in [9.17, 15) is 4.79 Å². The number of hydrogen-bond donors (Lipinski definition) is 1. The van der Waals surface area contributed by atoms with Gasteiger partial charge in [-0.3, -0.25) is 9.69 Å². The van der Waals surface area contributed by atoms with E-state index in [0.717, 1.165) is 37.1 Å². The second-order valence-corrected chi connectivity index (χ2v) is 7.95. The summed E-state index contributed by atoms with van der Waals surface area (Å²) in [6, 6.07) is 8.39. The minimum atomic E-state index is -0.203. The van der Waals surface area contributed by atoms with Gasteiger partial charge in [-0.1, -0.05) is 36.2 Å². The van der Waals surface area contributed by atoms with Crippen LogP contribution in [0.25, 0.3) is 11.3 Å². The molecule has 6 nitrogen and oxygen atoms in total. The number of thiazole rings is 1. The maximum absolute atomic E-state index is 12.6. The number of ether oxygens (including phenoxy) is 2. The number of anilines is 1. The predicted molar refractivity (Wildman–Crippen MR) is 106 cm³/mol. The number of carbonyl (C=O) groups is 1. The molecule has 1 unspecified atom stereocenters. The van der Waals surface area contributed by atoms with E-state index in [1.165, 1.54) is 16.9 Å². The number of nitrogens with one attached hydrogen (secondary N) is 1. The van der Waals surface area contributed by atoms with E-state index in [4.69, 9.17) is 9.47 Å². The van der Waals surface area contributed by atoms with Crippen LogP contribution in [0.1, 0.15) is 24.8 Å². The van der Waals surface area contributed by atoms with Gasteiger partial charge in [0.1, 0.15) is 0 Å². The Kier molecular flexibility index (Phi) is 5.83. The van der Waals surface area contributed by atoms with Gasteiger partial charge in [0.25, 0.3) is 0 Å². The minimum Gasteiger partial charge on any atom is -0.349 e. The van der Waals surface area contributed by atoms with E-state index < -0.39 is 0 Å². The second kappa shape index (κ2) is 8.48. The zero-order valence-electron chi connectivity index (χ0n) is 15.5. The lowest BCUT2D eigenvalue weighted by molar-refractivity contribution is -0.127. The number of nitrogens with zero attached hydrogens (tertiary/aromatic N) is 2. The van der Waals surface area contributed by atoms with Gasteiger partial charge >= 0.3 is 0 Å². The van der Waals surface area contributed by atoms with Crippen molar-refractivity contribution in [1.29, 1.82) is 0 Å². The Labute approximate surface area is 163 Å². The summed E-state index contributed by atoms with van der Waals surface area (Å²) in [5.41, 5.74) is 3.16. The van der Waals surface area contributed by atoms with Gasteiger partial charge < -0.3 is 14.8 Å². The van der Waals surface area contributed by atoms with Gasteiger partial charge in [-0.05, 0) is 26.3 Å². The lowest BCUT2D eigenvalue weighted by Crippen LogP contribution is -2.50. The molecule has 0 aliphatic carbocycles. The summed E-state index contributed by atoms with van der Waals surface area (Å²) in [7, 11) is 0. The van der Waals surface area contributed by atoms with Crippen molar-refractivity contribution in [3.63, 3.8) is 0 Å². The van der Waals surface area contributed by atoms with Crippen LogP contribution < -0.4 is 5.32 Å². The third kappa shape index (κ3) is 4.55. The maximum Gasteiger partial charge on any atom is 0.240 e. The minimum absolute atomic E-state index is 0.0373. The standard InChI is InChI=1S/C20H25N3O3S/c1-14-5-7-15(8-6-14)16-13-27-20(21-16)22-18(24)12-23-9-3-2-4-17(23)19-25-10-11-26-19/h5-8,13,17,19H,2-4,9-12H2,1H3,(H,21,22,24). The Bertz CT molecular complexity index is 771. The summed E-state index contributed by atoms with van der Waals surface area (Å²) in [6.07, 6.45) is 3.06. The quantitative estimate of drug-likeness (QED) is 0.853. The summed E-state index contributed by atoms with van der Waals surface area (Å²) in [5, 5.41) is 5.56. The highest BCUT2D eigenvalue weighted by molar-refractivity contribution is 7.14. The molecule has 2 aromatic rings. The second-order valence-electron chi connectivity index (χ2n) is 7.10. The van der Waals surface area contributed by atoms with E-state index in [2.05, 4.69) is 46.4 Å². The van der Waals surface area contributed by atoms with Crippen molar-refractivity contribution >= 4 is 22.4 Å². The molecule has 27 heavy (non-hydrogen) atoms. The molecule has 3 heterocycles. The van der Waals surface area contributed by atoms with Crippen LogP contribution in [-0.4, -0.2) is 54.4 Å². The first-order valence-electron chi connectivity index (χ1n) is 9.49. The summed E-state index contributed by atoms with van der Waals surface area (Å²) < 4.78 is 11.4. The van der Waals surface area contributed by atoms with Gasteiger partial charge in [-0.15, -0.1) is 11.3 Å². The van der Waals surface area contributed by atoms with Gasteiger partial charge in [0.15, 0.2) is 11.4 Å². The summed E-state index contributed by atoms with van der Waals surface area (Å²) in [5.74, 6) is -0.0373. The molecule has 2 fully saturated rings. The molecule has 4 rings (SSSR count). The van der Waals surface area contributed by atoms with Crippen LogP contribution in [0.15, 0.2) is 29.6 Å². The Morgan fingerprint density at radius 3 is 2.81 bits per heavy atom. The van der Waals surface area contributed by atoms with Crippen molar-refractivity contribution < 1.29 is 14.3 Å². The molecule has 1 aromatic heterocycles. The fourth-order valence-electron chi connectivity index (χ4n) is 3.65. The molecule has 2 aliphatic rings. The van der Waals surface area contributed by atoms with Crippen LogP contribution >= 0.6 is 11.3 Å². The first-order valence-corrected chi connectivity index (χ1v) is 10.4. The lowest BCUT2D eigenvalue weighted by Gasteiger charge is -2.37. The zero-order valence-corrected chi connectivity index (χ0v) is 16.3. The molecule has 0 saturated carbocycles. The van der Waals surface area contributed by atoms with E-state index in [-0.39, 0.29) is 18.2 Å². The van der Waals surface area contributed by atoms with Crippen molar-refractivity contribution in [2.75, 3.05) is 31.6 Å². The van der Waals surface area contributed by atoms with Gasteiger partial charge in [0, 0.05) is 10.9 Å². The number of rotatable bonds is 5. The molecular weight excluding hydrogens is 362 g/mol. The number of benzene rings is 1. The first-order chi connectivity index (χ1) is 13.2. The fraction of sp³-hybridized carbons (Fsp3) is 0.500. The molecule has 0 spiro atoms. The van der Waals surface area contributed by atoms with Crippen molar-refractivity contribution in [3.8, 4) is 11.3 Å². The van der Waals surface area contributed by atoms with Crippen molar-refractivity contribution in [3.05, 3.63) is 35.2 Å². The van der Waals surface area contributed by atoms with Gasteiger partial charge in [-0.25, -0.2) is 4.98 Å². The highest BCUT2D eigenvalue weighted by Crippen LogP contribution is 2.26.